The Morgan fingerprint density at radius 1 is 1.27 bits per heavy atom. The summed E-state index contributed by atoms with van der Waals surface area (Å²) in [6.45, 7) is 12.1. The molecule has 0 saturated heterocycles. The number of ketones is 1. The van der Waals surface area contributed by atoms with Crippen molar-refractivity contribution in [3.05, 3.63) is 11.3 Å². The van der Waals surface area contributed by atoms with Crippen molar-refractivity contribution in [2.45, 2.75) is 48.0 Å². The molecule has 0 fully saturated rings. The minimum Gasteiger partial charge on any atom is -0.504 e. The first kappa shape index (κ1) is 12.3. The zero-order chi connectivity index (χ0) is 12.0. The highest BCUT2D eigenvalue weighted by Crippen LogP contribution is 2.55. The second kappa shape index (κ2) is 3.36. The number of hydrogen-bond donors (Lipinski definition) is 1. The minimum absolute atomic E-state index is 0.0110. The van der Waals surface area contributed by atoms with Crippen molar-refractivity contribution in [1.82, 2.24) is 0 Å². The number of Topliss-reactive ketones (excluding diaryl/α,β-unsaturated/α-hetero) is 1. The van der Waals surface area contributed by atoms with Crippen molar-refractivity contribution in [2.24, 2.45) is 16.7 Å². The summed E-state index contributed by atoms with van der Waals surface area (Å²) < 4.78 is 0. The molecule has 0 aliphatic heterocycles. The van der Waals surface area contributed by atoms with Gasteiger partial charge in [-0.25, -0.2) is 0 Å². The molecule has 1 atom stereocenters. The number of hydrogen-bond acceptors (Lipinski definition) is 2. The summed E-state index contributed by atoms with van der Waals surface area (Å²) in [6, 6.07) is 0. The predicted molar refractivity (Wildman–Crippen MR) is 61.7 cm³/mol. The molecule has 15 heavy (non-hydrogen) atoms. The molecule has 0 saturated carbocycles. The Morgan fingerprint density at radius 2 is 1.73 bits per heavy atom. The molecule has 0 aromatic rings. The van der Waals surface area contributed by atoms with Gasteiger partial charge >= 0.3 is 0 Å². The lowest BCUT2D eigenvalue weighted by atomic mass is 9.62. The Hall–Kier alpha value is -0.790. The molecule has 1 aliphatic rings. The highest BCUT2D eigenvalue weighted by molar-refractivity contribution is 6.02. The Bertz CT molecular complexity index is 323. The lowest BCUT2D eigenvalue weighted by Crippen LogP contribution is -2.38. The second-order valence-corrected chi connectivity index (χ2v) is 5.86. The molecule has 0 radical (unpaired) electrons. The molecule has 0 heterocycles. The van der Waals surface area contributed by atoms with E-state index in [1.54, 1.807) is 0 Å². The van der Waals surface area contributed by atoms with Crippen molar-refractivity contribution in [3.8, 4) is 0 Å². The van der Waals surface area contributed by atoms with Crippen LogP contribution in [-0.4, -0.2) is 10.9 Å². The summed E-state index contributed by atoms with van der Waals surface area (Å²) in [7, 11) is 0. The zero-order valence-electron chi connectivity index (χ0n) is 10.6. The maximum Gasteiger partial charge on any atom is 0.203 e. The molecule has 1 aliphatic carbocycles. The monoisotopic (exact) mass is 210 g/mol. The van der Waals surface area contributed by atoms with E-state index >= 15 is 0 Å². The molecular weight excluding hydrogens is 188 g/mol. The molecule has 1 unspecified atom stereocenters. The molecule has 86 valence electrons. The van der Waals surface area contributed by atoms with Crippen LogP contribution in [0.25, 0.3) is 0 Å². The summed E-state index contributed by atoms with van der Waals surface area (Å²) in [6.07, 6.45) is 0.820. The van der Waals surface area contributed by atoms with Gasteiger partial charge in [0.1, 0.15) is 0 Å². The van der Waals surface area contributed by atoms with Crippen LogP contribution in [0.1, 0.15) is 48.0 Å². The Labute approximate surface area is 92.4 Å². The van der Waals surface area contributed by atoms with Gasteiger partial charge in [-0.1, -0.05) is 34.6 Å². The van der Waals surface area contributed by atoms with Gasteiger partial charge in [-0.05, 0) is 24.8 Å². The highest BCUT2D eigenvalue weighted by Gasteiger charge is 2.55. The maximum atomic E-state index is 12.1. The third-order valence-electron chi connectivity index (χ3n) is 4.20. The normalized spacial score (nSPS) is 30.5. The quantitative estimate of drug-likeness (QED) is 0.757. The number of carbonyl (C=O) groups excluding carboxylic acids is 1. The third-order valence-corrected chi connectivity index (χ3v) is 4.20. The number of allylic oxidation sites excluding steroid dienone is 2. The van der Waals surface area contributed by atoms with Crippen LogP contribution in [0.15, 0.2) is 11.3 Å². The summed E-state index contributed by atoms with van der Waals surface area (Å²) >= 11 is 0. The molecule has 0 aromatic carbocycles. The van der Waals surface area contributed by atoms with Gasteiger partial charge in [0.15, 0.2) is 5.76 Å². The van der Waals surface area contributed by atoms with Gasteiger partial charge in [0.05, 0.1) is 0 Å². The summed E-state index contributed by atoms with van der Waals surface area (Å²) in [4.78, 5) is 12.1. The summed E-state index contributed by atoms with van der Waals surface area (Å²) in [5.41, 5.74) is 0.143. The molecule has 1 N–H and O–H groups in total. The number of aliphatic hydroxyl groups excluding tert-OH is 1. The topological polar surface area (TPSA) is 37.3 Å². The lowest BCUT2D eigenvalue weighted by Gasteiger charge is -2.39. The SMILES string of the molecule is CC1=C(O)C(=O)C(C)(CC(C)C)C1(C)C. The van der Waals surface area contributed by atoms with E-state index in [9.17, 15) is 9.90 Å². The van der Waals surface area contributed by atoms with Crippen LogP contribution in [0.4, 0.5) is 0 Å². The van der Waals surface area contributed by atoms with E-state index in [-0.39, 0.29) is 17.0 Å². The smallest absolute Gasteiger partial charge is 0.203 e. The lowest BCUT2D eigenvalue weighted by molar-refractivity contribution is -0.129. The molecule has 0 amide bonds. The highest BCUT2D eigenvalue weighted by atomic mass is 16.3. The standard InChI is InChI=1S/C13H22O2/c1-8(2)7-13(6)11(15)10(14)9(3)12(13,4)5/h8,14H,7H2,1-6H3. The van der Waals surface area contributed by atoms with Crippen LogP contribution >= 0.6 is 0 Å². The van der Waals surface area contributed by atoms with Gasteiger partial charge < -0.3 is 5.11 Å². The molecule has 1 rings (SSSR count). The first-order valence-electron chi connectivity index (χ1n) is 5.59. The summed E-state index contributed by atoms with van der Waals surface area (Å²) in [5.74, 6) is 0.360. The molecule has 2 nitrogen and oxygen atoms in total. The van der Waals surface area contributed by atoms with Crippen molar-refractivity contribution in [2.75, 3.05) is 0 Å². The molecule has 0 aromatic heterocycles. The fraction of sp³-hybridized carbons (Fsp3) is 0.769. The number of rotatable bonds is 2. The van der Waals surface area contributed by atoms with Crippen molar-refractivity contribution < 1.29 is 9.90 Å². The van der Waals surface area contributed by atoms with Gasteiger partial charge in [-0.3, -0.25) is 4.79 Å². The fourth-order valence-corrected chi connectivity index (χ4v) is 2.59. The first-order valence-corrected chi connectivity index (χ1v) is 5.59. The van der Waals surface area contributed by atoms with E-state index in [1.165, 1.54) is 0 Å². The Balaban J connectivity index is 3.19. The molecule has 0 spiro atoms. The largest absolute Gasteiger partial charge is 0.504 e. The van der Waals surface area contributed by atoms with Gasteiger partial charge in [0.25, 0.3) is 0 Å². The molecule has 0 bridgehead atoms. The summed E-state index contributed by atoms with van der Waals surface area (Å²) in [5, 5.41) is 9.78. The van der Waals surface area contributed by atoms with Crippen LogP contribution < -0.4 is 0 Å². The molecular formula is C13H22O2. The van der Waals surface area contributed by atoms with Gasteiger partial charge in [-0.15, -0.1) is 0 Å². The average molecular weight is 210 g/mol. The van der Waals surface area contributed by atoms with Crippen LogP contribution in [-0.2, 0) is 4.79 Å². The van der Waals surface area contributed by atoms with E-state index in [0.29, 0.717) is 5.92 Å². The van der Waals surface area contributed by atoms with Crippen LogP contribution in [0, 0.1) is 16.7 Å². The average Bonchev–Trinajstić information content (AvgIpc) is 2.20. The number of aliphatic hydroxyl groups is 1. The second-order valence-electron chi connectivity index (χ2n) is 5.86. The minimum atomic E-state index is -0.449. The van der Waals surface area contributed by atoms with E-state index in [1.807, 2.05) is 27.7 Å². The third kappa shape index (κ3) is 1.51. The van der Waals surface area contributed by atoms with E-state index in [4.69, 9.17) is 0 Å². The van der Waals surface area contributed by atoms with Crippen LogP contribution in [0.2, 0.25) is 0 Å². The van der Waals surface area contributed by atoms with Gasteiger partial charge in [0.2, 0.25) is 5.78 Å². The van der Waals surface area contributed by atoms with E-state index in [2.05, 4.69) is 13.8 Å². The first-order chi connectivity index (χ1) is 6.64. The van der Waals surface area contributed by atoms with E-state index < -0.39 is 5.41 Å². The predicted octanol–water partition coefficient (Wildman–Crippen LogP) is 3.48. The maximum absolute atomic E-state index is 12.1. The van der Waals surface area contributed by atoms with Gasteiger partial charge in [-0.2, -0.15) is 0 Å². The Kier molecular flexibility index (Phi) is 2.75. The van der Waals surface area contributed by atoms with Crippen LogP contribution in [0.3, 0.4) is 0 Å². The van der Waals surface area contributed by atoms with Crippen molar-refractivity contribution in [3.63, 3.8) is 0 Å². The van der Waals surface area contributed by atoms with Gasteiger partial charge in [0, 0.05) is 10.8 Å². The van der Waals surface area contributed by atoms with Crippen molar-refractivity contribution in [1.29, 1.82) is 0 Å². The zero-order valence-corrected chi connectivity index (χ0v) is 10.6. The Morgan fingerprint density at radius 3 is 2.00 bits per heavy atom. The fourth-order valence-electron chi connectivity index (χ4n) is 2.59. The number of carbonyl (C=O) groups is 1. The van der Waals surface area contributed by atoms with E-state index in [0.717, 1.165) is 12.0 Å². The van der Waals surface area contributed by atoms with Crippen LogP contribution in [0.5, 0.6) is 0 Å². The van der Waals surface area contributed by atoms with Crippen molar-refractivity contribution >= 4 is 5.78 Å². The molecule has 2 heteroatoms.